The maximum atomic E-state index is 6.11. The van der Waals surface area contributed by atoms with Gasteiger partial charge in [-0.25, -0.2) is 4.98 Å². The smallest absolute Gasteiger partial charge is 0.242 e. The standard InChI is InChI=1S/C15H28N4O2/c1-10(2)9-17-12-11(16)13(21-8-7-20-6)19-14(18-12)15(3,4)5/h10H,7-9,16H2,1-6H3,(H,17,18,19). The molecular weight excluding hydrogens is 268 g/mol. The minimum Gasteiger partial charge on any atom is -0.474 e. The lowest BCUT2D eigenvalue weighted by Gasteiger charge is -2.21. The molecular formula is C15H28N4O2. The van der Waals surface area contributed by atoms with Crippen LogP contribution in [0.2, 0.25) is 0 Å². The highest BCUT2D eigenvalue weighted by molar-refractivity contribution is 5.67. The summed E-state index contributed by atoms with van der Waals surface area (Å²) in [5.74, 6) is 2.25. The van der Waals surface area contributed by atoms with Crippen molar-refractivity contribution < 1.29 is 9.47 Å². The highest BCUT2D eigenvalue weighted by Gasteiger charge is 2.22. The number of ether oxygens (including phenoxy) is 2. The van der Waals surface area contributed by atoms with Crippen LogP contribution in [0, 0.1) is 5.92 Å². The van der Waals surface area contributed by atoms with Crippen LogP contribution < -0.4 is 15.8 Å². The predicted molar refractivity (Wildman–Crippen MR) is 85.8 cm³/mol. The molecule has 0 saturated heterocycles. The van der Waals surface area contributed by atoms with Gasteiger partial charge in [0.25, 0.3) is 0 Å². The largest absolute Gasteiger partial charge is 0.474 e. The summed E-state index contributed by atoms with van der Waals surface area (Å²) in [6.45, 7) is 12.1. The Hall–Kier alpha value is -1.56. The molecule has 0 amide bonds. The van der Waals surface area contributed by atoms with Crippen molar-refractivity contribution in [2.75, 3.05) is 37.9 Å². The van der Waals surface area contributed by atoms with Gasteiger partial charge in [-0.1, -0.05) is 34.6 Å². The number of nitrogens with two attached hydrogens (primary N) is 1. The van der Waals surface area contributed by atoms with Crippen LogP contribution in [-0.4, -0.2) is 36.8 Å². The molecule has 0 atom stereocenters. The van der Waals surface area contributed by atoms with Crippen molar-refractivity contribution in [2.24, 2.45) is 5.92 Å². The SMILES string of the molecule is COCCOc1nc(C(C)(C)C)nc(NCC(C)C)c1N. The number of methoxy groups -OCH3 is 1. The third kappa shape index (κ3) is 5.38. The van der Waals surface area contributed by atoms with E-state index in [4.69, 9.17) is 15.2 Å². The van der Waals surface area contributed by atoms with Crippen molar-refractivity contribution in [2.45, 2.75) is 40.0 Å². The van der Waals surface area contributed by atoms with Gasteiger partial charge in [-0.15, -0.1) is 0 Å². The predicted octanol–water partition coefficient (Wildman–Crippen LogP) is 2.45. The first-order valence-electron chi connectivity index (χ1n) is 7.29. The minimum absolute atomic E-state index is 0.179. The van der Waals surface area contributed by atoms with Crippen molar-refractivity contribution in [3.8, 4) is 5.88 Å². The molecule has 0 radical (unpaired) electrons. The molecule has 6 nitrogen and oxygen atoms in total. The van der Waals surface area contributed by atoms with Gasteiger partial charge in [-0.3, -0.25) is 0 Å². The average molecular weight is 296 g/mol. The van der Waals surface area contributed by atoms with E-state index in [-0.39, 0.29) is 5.41 Å². The zero-order valence-electron chi connectivity index (χ0n) is 14.0. The molecule has 1 heterocycles. The normalized spacial score (nSPS) is 11.8. The Morgan fingerprint density at radius 1 is 1.19 bits per heavy atom. The third-order valence-corrected chi connectivity index (χ3v) is 2.79. The number of aromatic nitrogens is 2. The summed E-state index contributed by atoms with van der Waals surface area (Å²) in [4.78, 5) is 9.00. The van der Waals surface area contributed by atoms with Crippen molar-refractivity contribution in [1.82, 2.24) is 9.97 Å². The molecule has 3 N–H and O–H groups in total. The molecule has 0 bridgehead atoms. The second kappa shape index (κ2) is 7.45. The zero-order chi connectivity index (χ0) is 16.0. The van der Waals surface area contributed by atoms with Crippen LogP contribution in [0.1, 0.15) is 40.4 Å². The van der Waals surface area contributed by atoms with Crippen molar-refractivity contribution in [3.63, 3.8) is 0 Å². The summed E-state index contributed by atoms with van der Waals surface area (Å²) in [5.41, 5.74) is 6.38. The van der Waals surface area contributed by atoms with E-state index in [1.165, 1.54) is 0 Å². The van der Waals surface area contributed by atoms with Gasteiger partial charge in [0.2, 0.25) is 5.88 Å². The third-order valence-electron chi connectivity index (χ3n) is 2.79. The highest BCUT2D eigenvalue weighted by atomic mass is 16.5. The Bertz CT molecular complexity index is 456. The molecule has 1 aromatic heterocycles. The number of rotatable bonds is 7. The lowest BCUT2D eigenvalue weighted by atomic mass is 9.96. The summed E-state index contributed by atoms with van der Waals surface area (Å²) in [6, 6.07) is 0. The van der Waals surface area contributed by atoms with Gasteiger partial charge in [0, 0.05) is 19.1 Å². The molecule has 0 spiro atoms. The van der Waals surface area contributed by atoms with Gasteiger partial charge < -0.3 is 20.5 Å². The first kappa shape index (κ1) is 17.5. The topological polar surface area (TPSA) is 82.3 Å². The summed E-state index contributed by atoms with van der Waals surface area (Å²) in [5, 5.41) is 3.27. The number of anilines is 2. The van der Waals surface area contributed by atoms with Crippen LogP contribution in [0.15, 0.2) is 0 Å². The molecule has 6 heteroatoms. The van der Waals surface area contributed by atoms with Crippen molar-refractivity contribution in [1.29, 1.82) is 0 Å². The number of nitrogens with one attached hydrogen (secondary N) is 1. The Morgan fingerprint density at radius 3 is 2.38 bits per heavy atom. The van der Waals surface area contributed by atoms with Gasteiger partial charge in [0.05, 0.1) is 6.61 Å². The second-order valence-electron chi connectivity index (χ2n) is 6.48. The molecule has 0 unspecified atom stereocenters. The fourth-order valence-corrected chi connectivity index (χ4v) is 1.55. The summed E-state index contributed by atoms with van der Waals surface area (Å²) < 4.78 is 10.6. The monoisotopic (exact) mass is 296 g/mol. The van der Waals surface area contributed by atoms with Crippen LogP contribution in [0.3, 0.4) is 0 Å². The number of hydrogen-bond donors (Lipinski definition) is 2. The van der Waals surface area contributed by atoms with E-state index in [1.54, 1.807) is 7.11 Å². The van der Waals surface area contributed by atoms with E-state index >= 15 is 0 Å². The summed E-state index contributed by atoms with van der Waals surface area (Å²) >= 11 is 0. The molecule has 120 valence electrons. The zero-order valence-corrected chi connectivity index (χ0v) is 14.0. The quantitative estimate of drug-likeness (QED) is 0.752. The van der Waals surface area contributed by atoms with E-state index in [9.17, 15) is 0 Å². The van der Waals surface area contributed by atoms with Gasteiger partial charge in [-0.05, 0) is 5.92 Å². The molecule has 0 aromatic carbocycles. The second-order valence-corrected chi connectivity index (χ2v) is 6.48. The summed E-state index contributed by atoms with van der Waals surface area (Å²) in [6.07, 6.45) is 0. The average Bonchev–Trinajstić information content (AvgIpc) is 2.38. The molecule has 0 fully saturated rings. The van der Waals surface area contributed by atoms with Crippen LogP contribution >= 0.6 is 0 Å². The summed E-state index contributed by atoms with van der Waals surface area (Å²) in [7, 11) is 1.63. The Balaban J connectivity index is 3.07. The van der Waals surface area contributed by atoms with Crippen molar-refractivity contribution in [3.05, 3.63) is 5.82 Å². The molecule has 0 saturated carbocycles. The molecule has 0 aliphatic carbocycles. The van der Waals surface area contributed by atoms with Crippen LogP contribution in [0.25, 0.3) is 0 Å². The molecule has 0 aliphatic heterocycles. The van der Waals surface area contributed by atoms with Gasteiger partial charge in [0.15, 0.2) is 5.82 Å². The van der Waals surface area contributed by atoms with Crippen LogP contribution in [0.5, 0.6) is 5.88 Å². The highest BCUT2D eigenvalue weighted by Crippen LogP contribution is 2.30. The number of nitrogen functional groups attached to an aromatic ring is 1. The van der Waals surface area contributed by atoms with Crippen LogP contribution in [0.4, 0.5) is 11.5 Å². The lowest BCUT2D eigenvalue weighted by molar-refractivity contribution is 0.144. The molecule has 1 rings (SSSR count). The Kier molecular flexibility index (Phi) is 6.20. The van der Waals surface area contributed by atoms with E-state index in [0.717, 1.165) is 6.54 Å². The molecule has 1 aromatic rings. The maximum absolute atomic E-state index is 6.11. The first-order valence-corrected chi connectivity index (χ1v) is 7.29. The van der Waals surface area contributed by atoms with Crippen LogP contribution in [-0.2, 0) is 10.2 Å². The minimum atomic E-state index is -0.179. The fourth-order valence-electron chi connectivity index (χ4n) is 1.55. The lowest BCUT2D eigenvalue weighted by Crippen LogP contribution is -2.21. The van der Waals surface area contributed by atoms with E-state index in [2.05, 4.69) is 49.9 Å². The Morgan fingerprint density at radius 2 is 1.86 bits per heavy atom. The molecule has 21 heavy (non-hydrogen) atoms. The maximum Gasteiger partial charge on any atom is 0.242 e. The number of hydrogen-bond acceptors (Lipinski definition) is 6. The van der Waals surface area contributed by atoms with Crippen molar-refractivity contribution >= 4 is 11.5 Å². The van der Waals surface area contributed by atoms with Gasteiger partial charge in [-0.2, -0.15) is 4.98 Å². The van der Waals surface area contributed by atoms with Gasteiger partial charge in [0.1, 0.15) is 18.1 Å². The van der Waals surface area contributed by atoms with E-state index < -0.39 is 0 Å². The fraction of sp³-hybridized carbons (Fsp3) is 0.733. The number of nitrogens with zero attached hydrogens (tertiary/aromatic N) is 2. The van der Waals surface area contributed by atoms with Gasteiger partial charge >= 0.3 is 0 Å². The molecule has 0 aliphatic rings. The van der Waals surface area contributed by atoms with E-state index in [0.29, 0.717) is 42.3 Å². The first-order chi connectivity index (χ1) is 9.75. The Labute approximate surface area is 127 Å². The van der Waals surface area contributed by atoms with E-state index in [1.807, 2.05) is 0 Å².